The second kappa shape index (κ2) is 6.15. The molecular formula is C16H17O4P. The molecule has 1 aromatic carbocycles. The first kappa shape index (κ1) is 15.3. The van der Waals surface area contributed by atoms with Gasteiger partial charge in [0.05, 0.1) is 24.8 Å². The molecule has 0 radical (unpaired) electrons. The van der Waals surface area contributed by atoms with Gasteiger partial charge < -0.3 is 9.47 Å². The maximum atomic E-state index is 12.2. The predicted octanol–water partition coefficient (Wildman–Crippen LogP) is 3.85. The molecule has 110 valence electrons. The quantitative estimate of drug-likeness (QED) is 0.808. The fourth-order valence-corrected chi connectivity index (χ4v) is 5.08. The molecule has 4 nitrogen and oxygen atoms in total. The first-order valence-electron chi connectivity index (χ1n) is 6.46. The summed E-state index contributed by atoms with van der Waals surface area (Å²) in [7, 11) is 1.48. The van der Waals surface area contributed by atoms with E-state index in [-0.39, 0.29) is 11.9 Å². The summed E-state index contributed by atoms with van der Waals surface area (Å²) in [6.07, 6.45) is 0. The number of hydrogen-bond donors (Lipinski definition) is 0. The van der Waals surface area contributed by atoms with Crippen LogP contribution in [0.25, 0.3) is 5.30 Å². The monoisotopic (exact) mass is 304 g/mol. The smallest absolute Gasteiger partial charge is 0.342 e. The van der Waals surface area contributed by atoms with Crippen molar-refractivity contribution >= 4 is 19.5 Å². The maximum Gasteiger partial charge on any atom is 0.342 e. The van der Waals surface area contributed by atoms with Crippen LogP contribution in [0.5, 0.6) is 0 Å². The van der Waals surface area contributed by atoms with Gasteiger partial charge in [0.1, 0.15) is 0 Å². The van der Waals surface area contributed by atoms with Crippen molar-refractivity contribution in [2.45, 2.75) is 13.8 Å². The number of ether oxygens (including phenoxy) is 2. The minimum atomic E-state index is -1.23. The SMILES string of the molecule is COC(=O)c1c(C)c(C)c(C(=O)OC)p1-c1ccccc1. The Kier molecular flexibility index (Phi) is 4.49. The lowest BCUT2D eigenvalue weighted by Crippen LogP contribution is -2.01. The van der Waals surface area contributed by atoms with Gasteiger partial charge in [0.25, 0.3) is 0 Å². The van der Waals surface area contributed by atoms with Crippen LogP contribution in [0.15, 0.2) is 30.3 Å². The van der Waals surface area contributed by atoms with E-state index in [0.29, 0.717) is 10.6 Å². The van der Waals surface area contributed by atoms with E-state index in [1.165, 1.54) is 14.2 Å². The Morgan fingerprint density at radius 1 is 0.857 bits per heavy atom. The summed E-state index contributed by atoms with van der Waals surface area (Å²) in [6.45, 7) is 3.69. The van der Waals surface area contributed by atoms with Crippen LogP contribution in [0.4, 0.5) is 0 Å². The molecule has 0 atom stereocenters. The van der Waals surface area contributed by atoms with Gasteiger partial charge in [-0.2, -0.15) is 0 Å². The molecule has 0 bridgehead atoms. The standard InChI is InChI=1S/C16H17O4P/c1-10-11(2)14(16(18)20-4)21(13(10)15(17)19-3)12-8-6-5-7-9-12/h5-9H,1-4H3. The molecular weight excluding hydrogens is 287 g/mol. The van der Waals surface area contributed by atoms with Gasteiger partial charge in [-0.25, -0.2) is 9.59 Å². The Morgan fingerprint density at radius 2 is 1.29 bits per heavy atom. The van der Waals surface area contributed by atoms with E-state index in [9.17, 15) is 9.59 Å². The third-order valence-electron chi connectivity index (χ3n) is 3.49. The van der Waals surface area contributed by atoms with Gasteiger partial charge in [0, 0.05) is 0 Å². The second-order valence-electron chi connectivity index (χ2n) is 4.60. The Balaban J connectivity index is 2.84. The summed E-state index contributed by atoms with van der Waals surface area (Å²) in [5.41, 5.74) is 1.61. The highest BCUT2D eigenvalue weighted by atomic mass is 31.1. The van der Waals surface area contributed by atoms with Crippen LogP contribution in [-0.4, -0.2) is 26.2 Å². The molecule has 0 fully saturated rings. The van der Waals surface area contributed by atoms with Crippen molar-refractivity contribution in [1.82, 2.24) is 0 Å². The number of hydrogen-bond acceptors (Lipinski definition) is 4. The molecule has 0 saturated carbocycles. The highest BCUT2D eigenvalue weighted by molar-refractivity contribution is 7.60. The third-order valence-corrected chi connectivity index (χ3v) is 6.24. The molecule has 0 aliphatic carbocycles. The molecule has 0 amide bonds. The molecule has 5 heteroatoms. The molecule has 2 aromatic rings. The molecule has 1 heterocycles. The van der Waals surface area contributed by atoms with Gasteiger partial charge in [-0.05, 0) is 30.3 Å². The number of benzene rings is 1. The van der Waals surface area contributed by atoms with Crippen molar-refractivity contribution in [2.24, 2.45) is 0 Å². The summed E-state index contributed by atoms with van der Waals surface area (Å²) >= 11 is 0. The Bertz CT molecular complexity index is 647. The minimum absolute atomic E-state index is 0.388. The van der Waals surface area contributed by atoms with E-state index in [0.717, 1.165) is 16.4 Å². The number of carbonyl (C=O) groups excluding carboxylic acids is 2. The topological polar surface area (TPSA) is 52.6 Å². The van der Waals surface area contributed by atoms with E-state index in [1.54, 1.807) is 0 Å². The van der Waals surface area contributed by atoms with Crippen LogP contribution in [0, 0.1) is 13.8 Å². The molecule has 1 aromatic heterocycles. The van der Waals surface area contributed by atoms with Crippen LogP contribution in [-0.2, 0) is 9.47 Å². The minimum Gasteiger partial charge on any atom is -0.465 e. The Labute approximate surface area is 124 Å². The molecule has 2 rings (SSSR count). The van der Waals surface area contributed by atoms with Gasteiger partial charge >= 0.3 is 11.9 Å². The first-order valence-corrected chi connectivity index (χ1v) is 7.81. The number of esters is 2. The number of carbonyl (C=O) groups is 2. The highest BCUT2D eigenvalue weighted by Crippen LogP contribution is 2.52. The van der Waals surface area contributed by atoms with Gasteiger partial charge in [-0.15, -0.1) is 0 Å². The molecule has 0 unspecified atom stereocenters. The van der Waals surface area contributed by atoms with Crippen LogP contribution >= 0.6 is 7.53 Å². The zero-order valence-electron chi connectivity index (χ0n) is 12.5. The maximum absolute atomic E-state index is 12.2. The van der Waals surface area contributed by atoms with Crippen molar-refractivity contribution in [1.29, 1.82) is 0 Å². The van der Waals surface area contributed by atoms with Crippen LogP contribution in [0.1, 0.15) is 31.3 Å². The fourth-order valence-electron chi connectivity index (χ4n) is 2.32. The van der Waals surface area contributed by atoms with E-state index < -0.39 is 7.53 Å². The van der Waals surface area contributed by atoms with Crippen molar-refractivity contribution in [3.05, 3.63) is 52.0 Å². The zero-order valence-corrected chi connectivity index (χ0v) is 13.4. The van der Waals surface area contributed by atoms with Gasteiger partial charge in [0.2, 0.25) is 0 Å². The largest absolute Gasteiger partial charge is 0.465 e. The Hall–Kier alpha value is -2.06. The van der Waals surface area contributed by atoms with E-state index in [2.05, 4.69) is 0 Å². The number of rotatable bonds is 3. The predicted molar refractivity (Wildman–Crippen MR) is 82.6 cm³/mol. The van der Waals surface area contributed by atoms with Crippen molar-refractivity contribution in [2.75, 3.05) is 14.2 Å². The molecule has 21 heavy (non-hydrogen) atoms. The molecule has 0 spiro atoms. The molecule has 0 N–H and O–H groups in total. The summed E-state index contributed by atoms with van der Waals surface area (Å²) in [4.78, 5) is 24.3. The average Bonchev–Trinajstić information content (AvgIpc) is 2.79. The summed E-state index contributed by atoms with van der Waals surface area (Å²) in [6, 6.07) is 9.53. The van der Waals surface area contributed by atoms with Gasteiger partial charge in [-0.3, -0.25) is 0 Å². The zero-order chi connectivity index (χ0) is 15.6. The number of methoxy groups -OCH3 is 2. The van der Waals surface area contributed by atoms with Crippen LogP contribution in [0.2, 0.25) is 0 Å². The lowest BCUT2D eigenvalue weighted by molar-refractivity contribution is 0.0598. The van der Waals surface area contributed by atoms with E-state index in [4.69, 9.17) is 9.47 Å². The van der Waals surface area contributed by atoms with E-state index in [1.807, 2.05) is 44.2 Å². The second-order valence-corrected chi connectivity index (χ2v) is 6.68. The third kappa shape index (κ3) is 2.59. The van der Waals surface area contributed by atoms with Crippen LogP contribution < -0.4 is 0 Å². The van der Waals surface area contributed by atoms with Crippen molar-refractivity contribution < 1.29 is 19.1 Å². The lowest BCUT2D eigenvalue weighted by Gasteiger charge is -2.08. The Morgan fingerprint density at radius 3 is 1.67 bits per heavy atom. The van der Waals surface area contributed by atoms with Crippen molar-refractivity contribution in [3.63, 3.8) is 0 Å². The summed E-state index contributed by atoms with van der Waals surface area (Å²) in [5, 5.41) is 2.07. The fraction of sp³-hybridized carbons (Fsp3) is 0.250. The molecule has 0 aliphatic rings. The normalized spacial score (nSPS) is 10.3. The average molecular weight is 304 g/mol. The van der Waals surface area contributed by atoms with Crippen molar-refractivity contribution in [3.8, 4) is 5.30 Å². The molecule has 0 aliphatic heterocycles. The van der Waals surface area contributed by atoms with E-state index >= 15 is 0 Å². The highest BCUT2D eigenvalue weighted by Gasteiger charge is 2.28. The lowest BCUT2D eigenvalue weighted by atomic mass is 10.1. The summed E-state index contributed by atoms with van der Waals surface area (Å²) in [5.74, 6) is -0.776. The summed E-state index contributed by atoms with van der Waals surface area (Å²) < 4.78 is 9.81. The van der Waals surface area contributed by atoms with Crippen LogP contribution in [0.3, 0.4) is 0 Å². The van der Waals surface area contributed by atoms with Gasteiger partial charge in [0.15, 0.2) is 0 Å². The van der Waals surface area contributed by atoms with Gasteiger partial charge in [-0.1, -0.05) is 37.9 Å². The molecule has 0 saturated heterocycles. The first-order chi connectivity index (χ1) is 10.0.